The molecule has 3 aliphatic rings. The molecule has 1 aromatic heterocycles. The van der Waals surface area contributed by atoms with Crippen molar-refractivity contribution in [2.75, 3.05) is 31.1 Å². The van der Waals surface area contributed by atoms with Crippen LogP contribution in [0.1, 0.15) is 39.9 Å². The summed E-state index contributed by atoms with van der Waals surface area (Å²) in [4.78, 5) is 46.0. The van der Waals surface area contributed by atoms with Gasteiger partial charge in [-0.1, -0.05) is 12.1 Å². The number of halogens is 1. The van der Waals surface area contributed by atoms with E-state index in [0.29, 0.717) is 24.3 Å². The number of carbonyl (C=O) groups excluding carboxylic acids is 3. The smallest absolute Gasteiger partial charge is 0.255 e. The molecule has 2 aromatic carbocycles. The summed E-state index contributed by atoms with van der Waals surface area (Å²) in [6.07, 6.45) is 2.56. The molecule has 0 aliphatic carbocycles. The average molecular weight is 490 g/mol. The number of imide groups is 1. The Labute approximate surface area is 208 Å². The molecule has 1 atom stereocenters. The van der Waals surface area contributed by atoms with Crippen molar-refractivity contribution in [3.8, 4) is 0 Å². The molecule has 2 fully saturated rings. The highest BCUT2D eigenvalue weighted by Gasteiger charge is 2.40. The maximum Gasteiger partial charge on any atom is 0.255 e. The van der Waals surface area contributed by atoms with Crippen molar-refractivity contribution in [2.24, 2.45) is 0 Å². The van der Waals surface area contributed by atoms with E-state index in [4.69, 9.17) is 0 Å². The molecule has 9 heteroatoms. The monoisotopic (exact) mass is 489 g/mol. The molecule has 2 saturated heterocycles. The van der Waals surface area contributed by atoms with Gasteiger partial charge < -0.3 is 14.8 Å². The fraction of sp³-hybridized carbons (Fsp3) is 0.370. The van der Waals surface area contributed by atoms with Crippen molar-refractivity contribution < 1.29 is 18.8 Å². The molecule has 8 nitrogen and oxygen atoms in total. The summed E-state index contributed by atoms with van der Waals surface area (Å²) >= 11 is 0. The molecule has 6 rings (SSSR count). The second-order valence-corrected chi connectivity index (χ2v) is 9.94. The van der Waals surface area contributed by atoms with E-state index in [2.05, 4.69) is 46.5 Å². The Kier molecular flexibility index (Phi) is 5.52. The second-order valence-electron chi connectivity index (χ2n) is 9.94. The lowest BCUT2D eigenvalue weighted by Crippen LogP contribution is -2.52. The number of aromatic amines is 1. The highest BCUT2D eigenvalue weighted by atomic mass is 19.1. The highest BCUT2D eigenvalue weighted by Crippen LogP contribution is 2.33. The van der Waals surface area contributed by atoms with E-state index in [1.54, 1.807) is 6.07 Å². The molecule has 3 amide bonds. The summed E-state index contributed by atoms with van der Waals surface area (Å²) in [5.41, 5.74) is 5.18. The topological polar surface area (TPSA) is 88.8 Å². The molecule has 3 aromatic rings. The third kappa shape index (κ3) is 3.83. The van der Waals surface area contributed by atoms with Crippen LogP contribution in [-0.4, -0.2) is 64.7 Å². The van der Waals surface area contributed by atoms with Crippen molar-refractivity contribution >= 4 is 34.3 Å². The largest absolute Gasteiger partial charge is 0.367 e. The number of rotatable bonds is 4. The quantitative estimate of drug-likeness (QED) is 0.551. The van der Waals surface area contributed by atoms with Gasteiger partial charge in [0.1, 0.15) is 11.9 Å². The minimum atomic E-state index is -0.703. The first kappa shape index (κ1) is 22.7. The summed E-state index contributed by atoms with van der Waals surface area (Å²) in [6, 6.07) is 8.63. The Morgan fingerprint density at radius 2 is 1.89 bits per heavy atom. The zero-order chi connectivity index (χ0) is 25.0. The van der Waals surface area contributed by atoms with Gasteiger partial charge in [0, 0.05) is 68.4 Å². The number of carbonyl (C=O) groups is 3. The molecule has 1 unspecified atom stereocenters. The molecule has 3 aliphatic heterocycles. The van der Waals surface area contributed by atoms with E-state index >= 15 is 4.39 Å². The first-order valence-electron chi connectivity index (χ1n) is 12.4. The number of hydrogen-bond donors (Lipinski definition) is 2. The zero-order valence-electron chi connectivity index (χ0n) is 20.1. The Balaban J connectivity index is 1.15. The Morgan fingerprint density at radius 1 is 1.08 bits per heavy atom. The van der Waals surface area contributed by atoms with E-state index < -0.39 is 17.8 Å². The SMILES string of the molecule is Cc1cccc2[nH]cc(CN3CCN(c4cc5c(cc4F)C(=O)N(C4CCC(=O)NC4=O)C5)CC3)c12. The molecule has 0 spiro atoms. The van der Waals surface area contributed by atoms with Gasteiger partial charge in [-0.25, -0.2) is 4.39 Å². The minimum Gasteiger partial charge on any atom is -0.367 e. The highest BCUT2D eigenvalue weighted by molar-refractivity contribution is 6.05. The Hall–Kier alpha value is -3.72. The van der Waals surface area contributed by atoms with Crippen LogP contribution in [0.3, 0.4) is 0 Å². The van der Waals surface area contributed by atoms with Crippen LogP contribution in [0, 0.1) is 12.7 Å². The fourth-order valence-electron chi connectivity index (χ4n) is 5.78. The number of aromatic nitrogens is 1. The fourth-order valence-corrected chi connectivity index (χ4v) is 5.78. The van der Waals surface area contributed by atoms with E-state index in [-0.39, 0.29) is 31.2 Å². The number of amides is 3. The number of H-pyrrole nitrogens is 1. The molecular formula is C27H28FN5O3. The lowest BCUT2D eigenvalue weighted by Gasteiger charge is -2.36. The van der Waals surface area contributed by atoms with E-state index in [0.717, 1.165) is 30.7 Å². The van der Waals surface area contributed by atoms with E-state index in [1.165, 1.54) is 27.5 Å². The predicted molar refractivity (Wildman–Crippen MR) is 133 cm³/mol. The normalized spacial score (nSPS) is 20.8. The van der Waals surface area contributed by atoms with E-state index in [9.17, 15) is 14.4 Å². The van der Waals surface area contributed by atoms with E-state index in [1.807, 2.05) is 4.90 Å². The summed E-state index contributed by atoms with van der Waals surface area (Å²) in [7, 11) is 0. The molecule has 186 valence electrons. The number of aryl methyl sites for hydroxylation is 1. The van der Waals surface area contributed by atoms with Gasteiger partial charge in [0.2, 0.25) is 11.8 Å². The molecular weight excluding hydrogens is 461 g/mol. The number of nitrogens with zero attached hydrogens (tertiary/aromatic N) is 3. The van der Waals surface area contributed by atoms with Gasteiger partial charge in [-0.05, 0) is 48.2 Å². The van der Waals surface area contributed by atoms with Crippen LogP contribution in [-0.2, 0) is 22.7 Å². The van der Waals surface area contributed by atoms with Gasteiger partial charge in [-0.15, -0.1) is 0 Å². The molecule has 0 bridgehead atoms. The van der Waals surface area contributed by atoms with Gasteiger partial charge >= 0.3 is 0 Å². The lowest BCUT2D eigenvalue weighted by atomic mass is 10.0. The van der Waals surface area contributed by atoms with Crippen LogP contribution < -0.4 is 10.2 Å². The van der Waals surface area contributed by atoms with Crippen LogP contribution in [0.4, 0.5) is 10.1 Å². The third-order valence-electron chi connectivity index (χ3n) is 7.69. The molecule has 36 heavy (non-hydrogen) atoms. The molecule has 2 N–H and O–H groups in total. The summed E-state index contributed by atoms with van der Waals surface area (Å²) in [5, 5.41) is 3.57. The first-order chi connectivity index (χ1) is 17.4. The molecule has 0 radical (unpaired) electrons. The van der Waals surface area contributed by atoms with Gasteiger partial charge in [0.15, 0.2) is 0 Å². The number of benzene rings is 2. The van der Waals surface area contributed by atoms with Crippen molar-refractivity contribution in [3.63, 3.8) is 0 Å². The van der Waals surface area contributed by atoms with Gasteiger partial charge in [-0.2, -0.15) is 0 Å². The lowest BCUT2D eigenvalue weighted by molar-refractivity contribution is -0.136. The number of fused-ring (bicyclic) bond motifs is 2. The third-order valence-corrected chi connectivity index (χ3v) is 7.69. The number of hydrogen-bond acceptors (Lipinski definition) is 5. The summed E-state index contributed by atoms with van der Waals surface area (Å²) < 4.78 is 15.2. The number of piperazine rings is 1. The Morgan fingerprint density at radius 3 is 2.67 bits per heavy atom. The number of nitrogens with one attached hydrogen (secondary N) is 2. The number of piperidine rings is 1. The van der Waals surface area contributed by atoms with Crippen molar-refractivity contribution in [1.82, 2.24) is 20.1 Å². The first-order valence-corrected chi connectivity index (χ1v) is 12.4. The Bertz CT molecular complexity index is 1390. The second kappa shape index (κ2) is 8.74. The summed E-state index contributed by atoms with van der Waals surface area (Å²) in [5.74, 6) is -1.57. The van der Waals surface area contributed by atoms with Gasteiger partial charge in [0.05, 0.1) is 5.69 Å². The van der Waals surface area contributed by atoms with Crippen LogP contribution in [0.25, 0.3) is 10.9 Å². The van der Waals surface area contributed by atoms with Crippen molar-refractivity contribution in [2.45, 2.75) is 38.9 Å². The predicted octanol–water partition coefficient (Wildman–Crippen LogP) is 2.70. The van der Waals surface area contributed by atoms with Crippen LogP contribution in [0.5, 0.6) is 0 Å². The maximum absolute atomic E-state index is 15.2. The maximum atomic E-state index is 15.2. The molecule has 4 heterocycles. The van der Waals surface area contributed by atoms with Crippen molar-refractivity contribution in [1.29, 1.82) is 0 Å². The van der Waals surface area contributed by atoms with Crippen LogP contribution >= 0.6 is 0 Å². The zero-order valence-corrected chi connectivity index (χ0v) is 20.1. The summed E-state index contributed by atoms with van der Waals surface area (Å²) in [6.45, 7) is 6.17. The van der Waals surface area contributed by atoms with Gasteiger partial charge in [0.25, 0.3) is 5.91 Å². The van der Waals surface area contributed by atoms with Crippen LogP contribution in [0.15, 0.2) is 36.5 Å². The van der Waals surface area contributed by atoms with Gasteiger partial charge in [-0.3, -0.25) is 24.6 Å². The average Bonchev–Trinajstić information content (AvgIpc) is 3.41. The minimum absolute atomic E-state index is 0.193. The van der Waals surface area contributed by atoms with Crippen molar-refractivity contribution in [3.05, 3.63) is 64.6 Å². The van der Waals surface area contributed by atoms with Crippen LogP contribution in [0.2, 0.25) is 0 Å². The molecule has 0 saturated carbocycles. The number of anilines is 1. The standard InChI is InChI=1S/C27H28FN5O3/c1-16-3-2-4-21-25(16)18(13-29-21)14-31-7-9-32(10-8-31)23-11-17-15-33(27(36)19(17)12-20(23)28)22-5-6-24(34)30-26(22)35/h2-4,11-13,22,29H,5-10,14-15H2,1H3,(H,30,34,35).